The summed E-state index contributed by atoms with van der Waals surface area (Å²) in [6.45, 7) is 1.52. The number of benzene rings is 2. The van der Waals surface area contributed by atoms with E-state index in [1.807, 2.05) is 29.6 Å². The lowest BCUT2D eigenvalue weighted by atomic mass is 10.0. The van der Waals surface area contributed by atoms with Crippen molar-refractivity contribution in [3.05, 3.63) is 80.5 Å². The lowest BCUT2D eigenvalue weighted by Crippen LogP contribution is -2.17. The number of halogens is 2. The van der Waals surface area contributed by atoms with Gasteiger partial charge in [-0.15, -0.1) is 0 Å². The van der Waals surface area contributed by atoms with Gasteiger partial charge in [0.2, 0.25) is 0 Å². The summed E-state index contributed by atoms with van der Waals surface area (Å²) in [5.41, 5.74) is 5.11. The first-order chi connectivity index (χ1) is 13.6. The number of rotatable bonds is 6. The van der Waals surface area contributed by atoms with Crippen LogP contribution in [0, 0.1) is 0 Å². The molecule has 2 N–H and O–H groups in total. The second-order valence-corrected chi connectivity index (χ2v) is 8.15. The topological polar surface area (TPSA) is 45.1 Å². The Morgan fingerprint density at radius 2 is 1.89 bits per heavy atom. The summed E-state index contributed by atoms with van der Waals surface area (Å²) >= 11 is 13.7. The van der Waals surface area contributed by atoms with Gasteiger partial charge < -0.3 is 10.4 Å². The fourth-order valence-electron chi connectivity index (χ4n) is 3.13. The summed E-state index contributed by atoms with van der Waals surface area (Å²) in [7, 11) is 0. The highest BCUT2D eigenvalue weighted by Gasteiger charge is 2.10. The molecule has 0 aliphatic rings. The maximum Gasteiger partial charge on any atom is 0.117 e. The van der Waals surface area contributed by atoms with Crippen LogP contribution in [0.2, 0.25) is 10.0 Å². The van der Waals surface area contributed by atoms with Crippen LogP contribution < -0.4 is 5.32 Å². The average molecular weight is 429 g/mol. The van der Waals surface area contributed by atoms with Gasteiger partial charge in [0, 0.05) is 28.9 Å². The molecule has 3 nitrogen and oxygen atoms in total. The molecule has 2 aromatic carbocycles. The molecule has 0 unspecified atom stereocenters. The Labute approximate surface area is 177 Å². The van der Waals surface area contributed by atoms with Gasteiger partial charge in [0.15, 0.2) is 0 Å². The molecule has 0 aliphatic heterocycles. The number of phenols is 1. The number of aromatic nitrogens is 1. The first-order valence-electron chi connectivity index (χ1n) is 8.90. The number of hydrogen-bond donors (Lipinski definition) is 2. The van der Waals surface area contributed by atoms with E-state index in [2.05, 4.69) is 22.8 Å². The molecule has 0 spiro atoms. The summed E-state index contributed by atoms with van der Waals surface area (Å²) in [4.78, 5) is 4.81. The van der Waals surface area contributed by atoms with E-state index < -0.39 is 0 Å². The van der Waals surface area contributed by atoms with Crippen molar-refractivity contribution in [2.24, 2.45) is 0 Å². The van der Waals surface area contributed by atoms with E-state index >= 15 is 0 Å². The van der Waals surface area contributed by atoms with Gasteiger partial charge >= 0.3 is 0 Å². The Morgan fingerprint density at radius 3 is 2.68 bits per heavy atom. The number of phenolic OH excluding ortho intramolecular Hbond substituents is 1. The quantitative estimate of drug-likeness (QED) is 0.353. The van der Waals surface area contributed by atoms with E-state index in [9.17, 15) is 5.11 Å². The normalized spacial score (nSPS) is 11.2. The molecule has 0 amide bonds. The van der Waals surface area contributed by atoms with Crippen molar-refractivity contribution in [3.8, 4) is 17.0 Å². The lowest BCUT2D eigenvalue weighted by molar-refractivity contribution is 0.476. The van der Waals surface area contributed by atoms with Crippen LogP contribution in [0.1, 0.15) is 11.1 Å². The largest absolute Gasteiger partial charge is 0.508 e. The second kappa shape index (κ2) is 8.50. The van der Waals surface area contributed by atoms with Crippen LogP contribution in [0.5, 0.6) is 5.75 Å². The molecule has 142 valence electrons. The summed E-state index contributed by atoms with van der Waals surface area (Å²) in [5, 5.41) is 19.6. The van der Waals surface area contributed by atoms with Crippen LogP contribution in [0.25, 0.3) is 22.2 Å². The van der Waals surface area contributed by atoms with Gasteiger partial charge in [0.25, 0.3) is 0 Å². The Hall–Kier alpha value is -2.11. The van der Waals surface area contributed by atoms with Crippen LogP contribution in [-0.4, -0.2) is 16.6 Å². The predicted molar refractivity (Wildman–Crippen MR) is 119 cm³/mol. The molecular weight excluding hydrogens is 411 g/mol. The number of hydrogen-bond acceptors (Lipinski definition) is 4. The summed E-state index contributed by atoms with van der Waals surface area (Å²) < 4.78 is 0. The molecule has 0 radical (unpaired) electrons. The zero-order chi connectivity index (χ0) is 19.5. The molecular formula is C22H18Cl2N2OS. The van der Waals surface area contributed by atoms with Gasteiger partial charge in [-0.1, -0.05) is 29.3 Å². The van der Waals surface area contributed by atoms with Crippen molar-refractivity contribution < 1.29 is 5.11 Å². The predicted octanol–water partition coefficient (Wildman–Crippen LogP) is 6.31. The van der Waals surface area contributed by atoms with E-state index in [-0.39, 0.29) is 5.75 Å². The third kappa shape index (κ3) is 4.31. The van der Waals surface area contributed by atoms with Gasteiger partial charge in [-0.25, -0.2) is 4.98 Å². The maximum absolute atomic E-state index is 9.77. The summed E-state index contributed by atoms with van der Waals surface area (Å²) in [6, 6.07) is 15.2. The molecule has 28 heavy (non-hydrogen) atoms. The lowest BCUT2D eigenvalue weighted by Gasteiger charge is -2.12. The molecule has 2 heterocycles. The average Bonchev–Trinajstić information content (AvgIpc) is 3.22. The number of pyridine rings is 1. The van der Waals surface area contributed by atoms with Crippen molar-refractivity contribution in [3.63, 3.8) is 0 Å². The van der Waals surface area contributed by atoms with E-state index in [0.717, 1.165) is 46.3 Å². The van der Waals surface area contributed by atoms with Gasteiger partial charge in [-0.3, -0.25) is 0 Å². The SMILES string of the molecule is Oc1ccc2cc(CNCCc3ccc(Cl)c(Cl)c3)c(-c3ccsc3)nc2c1. The number of nitrogens with zero attached hydrogens (tertiary/aromatic N) is 1. The third-order valence-electron chi connectivity index (χ3n) is 4.56. The Kier molecular flexibility index (Phi) is 5.83. The van der Waals surface area contributed by atoms with Crippen LogP contribution in [-0.2, 0) is 13.0 Å². The Bertz CT molecular complexity index is 1110. The van der Waals surface area contributed by atoms with E-state index in [1.165, 1.54) is 0 Å². The Morgan fingerprint density at radius 1 is 1.00 bits per heavy atom. The molecule has 0 fully saturated rings. The fraction of sp³-hybridized carbons (Fsp3) is 0.136. The van der Waals surface area contributed by atoms with Crippen molar-refractivity contribution in [2.75, 3.05) is 6.54 Å². The van der Waals surface area contributed by atoms with Crippen molar-refractivity contribution >= 4 is 45.4 Å². The number of thiophene rings is 1. The molecule has 6 heteroatoms. The third-order valence-corrected chi connectivity index (χ3v) is 5.99. The number of aromatic hydroxyl groups is 1. The first kappa shape index (κ1) is 19.2. The highest BCUT2D eigenvalue weighted by Crippen LogP contribution is 2.29. The van der Waals surface area contributed by atoms with Gasteiger partial charge in [-0.05, 0) is 65.9 Å². The molecule has 0 saturated carbocycles. The van der Waals surface area contributed by atoms with E-state index in [0.29, 0.717) is 16.6 Å². The summed E-state index contributed by atoms with van der Waals surface area (Å²) in [5.74, 6) is 0.226. The van der Waals surface area contributed by atoms with Gasteiger partial charge in [0.1, 0.15) is 5.75 Å². The molecule has 0 atom stereocenters. The van der Waals surface area contributed by atoms with Gasteiger partial charge in [0.05, 0.1) is 21.3 Å². The minimum absolute atomic E-state index is 0.226. The zero-order valence-corrected chi connectivity index (χ0v) is 17.3. The highest BCUT2D eigenvalue weighted by molar-refractivity contribution is 7.08. The number of fused-ring (bicyclic) bond motifs is 1. The molecule has 2 aromatic heterocycles. The molecule has 0 aliphatic carbocycles. The molecule has 4 rings (SSSR count). The zero-order valence-electron chi connectivity index (χ0n) is 15.0. The standard InChI is InChI=1S/C22H18Cl2N2OS/c23-19-4-1-14(9-20(19)24)5-7-25-12-17-10-15-2-3-18(27)11-21(15)26-22(17)16-6-8-28-13-16/h1-4,6,8-11,13,25,27H,5,7,12H2. The monoisotopic (exact) mass is 428 g/mol. The van der Waals surface area contributed by atoms with Crippen LogP contribution in [0.4, 0.5) is 0 Å². The second-order valence-electron chi connectivity index (χ2n) is 6.56. The van der Waals surface area contributed by atoms with Gasteiger partial charge in [-0.2, -0.15) is 11.3 Å². The highest BCUT2D eigenvalue weighted by atomic mass is 35.5. The molecule has 0 bridgehead atoms. The van der Waals surface area contributed by atoms with Crippen molar-refractivity contribution in [1.82, 2.24) is 10.3 Å². The fourth-order valence-corrected chi connectivity index (χ4v) is 4.10. The molecule has 4 aromatic rings. The van der Waals surface area contributed by atoms with Crippen LogP contribution in [0.15, 0.2) is 59.3 Å². The smallest absolute Gasteiger partial charge is 0.117 e. The van der Waals surface area contributed by atoms with Crippen molar-refractivity contribution in [2.45, 2.75) is 13.0 Å². The first-order valence-corrected chi connectivity index (χ1v) is 10.6. The van der Waals surface area contributed by atoms with Crippen molar-refractivity contribution in [1.29, 1.82) is 0 Å². The molecule has 0 saturated heterocycles. The maximum atomic E-state index is 9.77. The van der Waals surface area contributed by atoms with Crippen LogP contribution >= 0.6 is 34.5 Å². The van der Waals surface area contributed by atoms with E-state index in [1.54, 1.807) is 23.5 Å². The van der Waals surface area contributed by atoms with Crippen LogP contribution in [0.3, 0.4) is 0 Å². The summed E-state index contributed by atoms with van der Waals surface area (Å²) in [6.07, 6.45) is 0.861. The number of nitrogens with one attached hydrogen (secondary N) is 1. The minimum atomic E-state index is 0.226. The Balaban J connectivity index is 1.52. The minimum Gasteiger partial charge on any atom is -0.508 e. The van der Waals surface area contributed by atoms with E-state index in [4.69, 9.17) is 28.2 Å².